The smallest absolute Gasteiger partial charge is 0.312 e. The molecule has 0 aromatic carbocycles. The van der Waals surface area contributed by atoms with Crippen molar-refractivity contribution < 1.29 is 23.7 Å². The normalized spacial score (nSPS) is 24.5. The van der Waals surface area contributed by atoms with Crippen LogP contribution in [0.25, 0.3) is 0 Å². The maximum Gasteiger partial charge on any atom is 0.312 e. The zero-order chi connectivity index (χ0) is 13.8. The summed E-state index contributed by atoms with van der Waals surface area (Å²) in [6.45, 7) is 4.16. The first-order chi connectivity index (χ1) is 9.16. The second-order valence-electron chi connectivity index (χ2n) is 5.35. The molecular formula is C14H24O5. The third-order valence-electron chi connectivity index (χ3n) is 4.28. The average molecular weight is 272 g/mol. The van der Waals surface area contributed by atoms with Crippen LogP contribution in [0.1, 0.15) is 39.0 Å². The van der Waals surface area contributed by atoms with Crippen molar-refractivity contribution in [2.45, 2.75) is 44.8 Å². The molecular weight excluding hydrogens is 248 g/mol. The van der Waals surface area contributed by atoms with Gasteiger partial charge in [-0.15, -0.1) is 0 Å². The van der Waals surface area contributed by atoms with Gasteiger partial charge in [-0.25, -0.2) is 0 Å². The number of carbonyl (C=O) groups excluding carboxylic acids is 1. The van der Waals surface area contributed by atoms with E-state index in [0.29, 0.717) is 32.8 Å². The Bertz CT molecular complexity index is 299. The molecule has 0 atom stereocenters. The number of ether oxygens (including phenoxy) is 4. The van der Waals surface area contributed by atoms with E-state index in [1.54, 1.807) is 7.11 Å². The topological polar surface area (TPSA) is 54.0 Å². The van der Waals surface area contributed by atoms with Gasteiger partial charge in [0.1, 0.15) is 0 Å². The summed E-state index contributed by atoms with van der Waals surface area (Å²) >= 11 is 0. The van der Waals surface area contributed by atoms with Crippen molar-refractivity contribution in [3.8, 4) is 0 Å². The van der Waals surface area contributed by atoms with E-state index in [0.717, 1.165) is 25.7 Å². The van der Waals surface area contributed by atoms with Crippen LogP contribution < -0.4 is 0 Å². The summed E-state index contributed by atoms with van der Waals surface area (Å²) in [5.41, 5.74) is -0.424. The highest BCUT2D eigenvalue weighted by Gasteiger charge is 2.50. The van der Waals surface area contributed by atoms with E-state index in [1.165, 1.54) is 0 Å². The van der Waals surface area contributed by atoms with Crippen LogP contribution in [0.4, 0.5) is 0 Å². The zero-order valence-electron chi connectivity index (χ0n) is 11.9. The summed E-state index contributed by atoms with van der Waals surface area (Å²) in [5, 5.41) is 0. The molecule has 1 spiro atoms. The van der Waals surface area contributed by atoms with Gasteiger partial charge in [0.25, 0.3) is 0 Å². The third-order valence-corrected chi connectivity index (χ3v) is 4.28. The molecule has 1 saturated carbocycles. The largest absolute Gasteiger partial charge is 0.466 e. The fourth-order valence-electron chi connectivity index (χ4n) is 3.03. The number of carbonyl (C=O) groups is 1. The molecule has 1 aliphatic heterocycles. The van der Waals surface area contributed by atoms with Crippen molar-refractivity contribution in [3.05, 3.63) is 0 Å². The van der Waals surface area contributed by atoms with E-state index in [2.05, 4.69) is 0 Å². The Morgan fingerprint density at radius 2 is 1.79 bits per heavy atom. The molecule has 1 heterocycles. The SMILES string of the molecule is CCOC(=O)C1(CCOC)CCC2(CC1)OCCO2. The van der Waals surface area contributed by atoms with Crippen LogP contribution in [0.5, 0.6) is 0 Å². The third kappa shape index (κ3) is 3.09. The van der Waals surface area contributed by atoms with Crippen molar-refractivity contribution in [2.75, 3.05) is 33.5 Å². The summed E-state index contributed by atoms with van der Waals surface area (Å²) in [7, 11) is 1.66. The van der Waals surface area contributed by atoms with Gasteiger partial charge < -0.3 is 18.9 Å². The Balaban J connectivity index is 2.02. The van der Waals surface area contributed by atoms with Gasteiger partial charge in [0.05, 0.1) is 25.2 Å². The van der Waals surface area contributed by atoms with E-state index in [9.17, 15) is 4.79 Å². The molecule has 110 valence electrons. The Morgan fingerprint density at radius 3 is 2.32 bits per heavy atom. The molecule has 2 rings (SSSR count). The molecule has 0 N–H and O–H groups in total. The highest BCUT2D eigenvalue weighted by Crippen LogP contribution is 2.47. The van der Waals surface area contributed by atoms with Gasteiger partial charge >= 0.3 is 5.97 Å². The van der Waals surface area contributed by atoms with Crippen LogP contribution in [0.15, 0.2) is 0 Å². The molecule has 0 bridgehead atoms. The van der Waals surface area contributed by atoms with E-state index in [-0.39, 0.29) is 5.97 Å². The number of rotatable bonds is 5. The first-order valence-electron chi connectivity index (χ1n) is 7.10. The van der Waals surface area contributed by atoms with Crippen molar-refractivity contribution in [1.29, 1.82) is 0 Å². The lowest BCUT2D eigenvalue weighted by atomic mass is 9.70. The minimum absolute atomic E-state index is 0.0973. The molecule has 5 heteroatoms. The maximum absolute atomic E-state index is 12.3. The van der Waals surface area contributed by atoms with Crippen molar-refractivity contribution >= 4 is 5.97 Å². The predicted molar refractivity (Wildman–Crippen MR) is 68.7 cm³/mol. The molecule has 0 amide bonds. The van der Waals surface area contributed by atoms with Gasteiger partial charge in [0.15, 0.2) is 5.79 Å². The molecule has 0 radical (unpaired) electrons. The quantitative estimate of drug-likeness (QED) is 0.715. The summed E-state index contributed by atoms with van der Waals surface area (Å²) in [5.74, 6) is -0.539. The van der Waals surface area contributed by atoms with E-state index in [4.69, 9.17) is 18.9 Å². The van der Waals surface area contributed by atoms with E-state index >= 15 is 0 Å². The summed E-state index contributed by atoms with van der Waals surface area (Å²) in [6, 6.07) is 0. The molecule has 5 nitrogen and oxygen atoms in total. The van der Waals surface area contributed by atoms with Crippen LogP contribution in [-0.4, -0.2) is 45.3 Å². The highest BCUT2D eigenvalue weighted by molar-refractivity contribution is 5.77. The van der Waals surface area contributed by atoms with Crippen LogP contribution in [0.2, 0.25) is 0 Å². The first-order valence-corrected chi connectivity index (χ1v) is 7.10. The van der Waals surface area contributed by atoms with Crippen LogP contribution in [0, 0.1) is 5.41 Å². The van der Waals surface area contributed by atoms with Gasteiger partial charge in [-0.3, -0.25) is 4.79 Å². The van der Waals surface area contributed by atoms with Gasteiger partial charge in [-0.2, -0.15) is 0 Å². The van der Waals surface area contributed by atoms with Crippen molar-refractivity contribution in [3.63, 3.8) is 0 Å². The number of hydrogen-bond donors (Lipinski definition) is 0. The molecule has 2 aliphatic rings. The van der Waals surface area contributed by atoms with Gasteiger partial charge in [-0.05, 0) is 26.2 Å². The number of hydrogen-bond acceptors (Lipinski definition) is 5. The van der Waals surface area contributed by atoms with E-state index in [1.807, 2.05) is 6.92 Å². The van der Waals surface area contributed by atoms with Crippen molar-refractivity contribution in [1.82, 2.24) is 0 Å². The van der Waals surface area contributed by atoms with Gasteiger partial charge in [0, 0.05) is 26.6 Å². The Hall–Kier alpha value is -0.650. The van der Waals surface area contributed by atoms with Gasteiger partial charge in [-0.1, -0.05) is 0 Å². The fourth-order valence-corrected chi connectivity index (χ4v) is 3.03. The monoisotopic (exact) mass is 272 g/mol. The minimum Gasteiger partial charge on any atom is -0.466 e. The number of esters is 1. The molecule has 0 aromatic rings. The molecule has 1 saturated heterocycles. The molecule has 0 aromatic heterocycles. The Labute approximate surface area is 114 Å². The van der Waals surface area contributed by atoms with Crippen LogP contribution in [-0.2, 0) is 23.7 Å². The molecule has 2 fully saturated rings. The fraction of sp³-hybridized carbons (Fsp3) is 0.929. The lowest BCUT2D eigenvalue weighted by Crippen LogP contribution is -2.45. The van der Waals surface area contributed by atoms with Crippen LogP contribution >= 0.6 is 0 Å². The lowest BCUT2D eigenvalue weighted by molar-refractivity contribution is -0.200. The zero-order valence-corrected chi connectivity index (χ0v) is 11.9. The Morgan fingerprint density at radius 1 is 1.16 bits per heavy atom. The van der Waals surface area contributed by atoms with Crippen LogP contribution in [0.3, 0.4) is 0 Å². The predicted octanol–water partition coefficient (Wildman–Crippen LogP) is 1.89. The second kappa shape index (κ2) is 6.20. The average Bonchev–Trinajstić information content (AvgIpc) is 2.88. The van der Waals surface area contributed by atoms with Crippen molar-refractivity contribution in [2.24, 2.45) is 5.41 Å². The Kier molecular flexibility index (Phi) is 4.81. The summed E-state index contributed by atoms with van der Waals surface area (Å²) in [6.07, 6.45) is 3.72. The second-order valence-corrected chi connectivity index (χ2v) is 5.35. The first kappa shape index (κ1) is 14.8. The maximum atomic E-state index is 12.3. The highest BCUT2D eigenvalue weighted by atomic mass is 16.7. The van der Waals surface area contributed by atoms with Gasteiger partial charge in [0.2, 0.25) is 0 Å². The molecule has 1 aliphatic carbocycles. The summed E-state index contributed by atoms with van der Waals surface area (Å²) < 4.78 is 21.8. The standard InChI is InChI=1S/C14H24O5/c1-3-17-12(15)13(8-9-16-2)4-6-14(7-5-13)18-10-11-19-14/h3-11H2,1-2H3. The lowest BCUT2D eigenvalue weighted by Gasteiger charge is -2.41. The molecule has 0 unspecified atom stereocenters. The minimum atomic E-state index is -0.441. The summed E-state index contributed by atoms with van der Waals surface area (Å²) in [4.78, 5) is 12.3. The molecule has 19 heavy (non-hydrogen) atoms. The number of methoxy groups -OCH3 is 1. The van der Waals surface area contributed by atoms with E-state index < -0.39 is 11.2 Å².